The van der Waals surface area contributed by atoms with Crippen LogP contribution < -0.4 is 5.32 Å². The predicted molar refractivity (Wildman–Crippen MR) is 95.4 cm³/mol. The van der Waals surface area contributed by atoms with Gasteiger partial charge in [-0.3, -0.25) is 5.32 Å². The summed E-state index contributed by atoms with van der Waals surface area (Å²) in [5, 5.41) is 11.0. The summed E-state index contributed by atoms with van der Waals surface area (Å²) in [4.78, 5) is 14.3. The van der Waals surface area contributed by atoms with Gasteiger partial charge in [0.05, 0.1) is 18.8 Å². The van der Waals surface area contributed by atoms with Gasteiger partial charge in [-0.15, -0.1) is 5.10 Å². The first-order valence-corrected chi connectivity index (χ1v) is 8.51. The largest absolute Gasteiger partial charge is 0.381 e. The predicted octanol–water partition coefficient (Wildman–Crippen LogP) is 2.61. The first kappa shape index (κ1) is 17.4. The molecule has 0 bridgehead atoms. The number of amides is 2. The number of benzene rings is 1. The van der Waals surface area contributed by atoms with Crippen LogP contribution in [0.1, 0.15) is 25.8 Å². The first-order chi connectivity index (χ1) is 12.0. The van der Waals surface area contributed by atoms with Gasteiger partial charge in [-0.05, 0) is 12.0 Å². The van der Waals surface area contributed by atoms with Gasteiger partial charge in [-0.2, -0.15) is 0 Å². The molecule has 1 aliphatic rings. The number of methoxy groups -OCH3 is 1. The summed E-state index contributed by atoms with van der Waals surface area (Å²) in [6.07, 6.45) is 2.75. The van der Waals surface area contributed by atoms with E-state index in [2.05, 4.69) is 29.5 Å². The maximum atomic E-state index is 12.5. The number of rotatable bonds is 4. The van der Waals surface area contributed by atoms with Gasteiger partial charge in [0.25, 0.3) is 0 Å². The quantitative estimate of drug-likeness (QED) is 0.926. The lowest BCUT2D eigenvalue weighted by Gasteiger charge is -2.43. The maximum absolute atomic E-state index is 12.5. The standard InChI is InChI=1S/C18H25N5O2/c1-18(2)13-22(10-9-15(18)25-3)17(24)19-16-12-23(21-20-16)11-14-7-5-4-6-8-14/h4-8,12,15H,9-11,13H2,1-3H3,(H,19,24). The zero-order valence-corrected chi connectivity index (χ0v) is 15.0. The average Bonchev–Trinajstić information content (AvgIpc) is 3.01. The van der Waals surface area contributed by atoms with Gasteiger partial charge in [0.2, 0.25) is 0 Å². The Morgan fingerprint density at radius 3 is 2.80 bits per heavy atom. The molecule has 7 heteroatoms. The van der Waals surface area contributed by atoms with E-state index in [1.165, 1.54) is 0 Å². The smallest absolute Gasteiger partial charge is 0.323 e. The molecule has 3 rings (SSSR count). The fourth-order valence-corrected chi connectivity index (χ4v) is 3.34. The van der Waals surface area contributed by atoms with Crippen molar-refractivity contribution in [3.05, 3.63) is 42.1 Å². The van der Waals surface area contributed by atoms with Gasteiger partial charge < -0.3 is 9.64 Å². The van der Waals surface area contributed by atoms with Gasteiger partial charge in [-0.25, -0.2) is 9.48 Å². The molecular weight excluding hydrogens is 318 g/mol. The topological polar surface area (TPSA) is 72.3 Å². The highest BCUT2D eigenvalue weighted by Gasteiger charge is 2.37. The highest BCUT2D eigenvalue weighted by atomic mass is 16.5. The van der Waals surface area contributed by atoms with Crippen LogP contribution in [-0.2, 0) is 11.3 Å². The van der Waals surface area contributed by atoms with Crippen molar-refractivity contribution < 1.29 is 9.53 Å². The second-order valence-electron chi connectivity index (χ2n) is 7.14. The van der Waals surface area contributed by atoms with Gasteiger partial charge in [0.15, 0.2) is 5.82 Å². The van der Waals surface area contributed by atoms with E-state index in [1.807, 2.05) is 35.2 Å². The number of nitrogens with zero attached hydrogens (tertiary/aromatic N) is 4. The molecule has 0 spiro atoms. The van der Waals surface area contributed by atoms with Crippen molar-refractivity contribution >= 4 is 11.8 Å². The number of urea groups is 1. The zero-order chi connectivity index (χ0) is 17.9. The van der Waals surface area contributed by atoms with Crippen molar-refractivity contribution in [1.82, 2.24) is 19.9 Å². The second kappa shape index (κ2) is 7.23. The minimum Gasteiger partial charge on any atom is -0.381 e. The van der Waals surface area contributed by atoms with Crippen LogP contribution in [0, 0.1) is 5.41 Å². The molecule has 1 aliphatic heterocycles. The molecule has 1 aromatic heterocycles. The Labute approximate surface area is 148 Å². The highest BCUT2D eigenvalue weighted by Crippen LogP contribution is 2.31. The van der Waals surface area contributed by atoms with Gasteiger partial charge in [0.1, 0.15) is 0 Å². The molecular formula is C18H25N5O2. The van der Waals surface area contributed by atoms with E-state index in [0.29, 0.717) is 25.5 Å². The number of likely N-dealkylation sites (tertiary alicyclic amines) is 1. The first-order valence-electron chi connectivity index (χ1n) is 8.51. The van der Waals surface area contributed by atoms with E-state index >= 15 is 0 Å². The normalized spacial score (nSPS) is 19.6. The summed E-state index contributed by atoms with van der Waals surface area (Å²) in [6, 6.07) is 9.87. The lowest BCUT2D eigenvalue weighted by Crippen LogP contribution is -2.52. The molecule has 2 aromatic rings. The van der Waals surface area contributed by atoms with Crippen LogP contribution in [-0.4, -0.2) is 52.2 Å². The fraction of sp³-hybridized carbons (Fsp3) is 0.500. The van der Waals surface area contributed by atoms with E-state index in [-0.39, 0.29) is 17.6 Å². The number of anilines is 1. The Hall–Kier alpha value is -2.41. The van der Waals surface area contributed by atoms with E-state index in [4.69, 9.17) is 4.74 Å². The van der Waals surface area contributed by atoms with Gasteiger partial charge in [0, 0.05) is 25.6 Å². The van der Waals surface area contributed by atoms with Crippen LogP contribution in [0.15, 0.2) is 36.5 Å². The Morgan fingerprint density at radius 1 is 1.36 bits per heavy atom. The Bertz CT molecular complexity index is 713. The summed E-state index contributed by atoms with van der Waals surface area (Å²) < 4.78 is 7.24. The van der Waals surface area contributed by atoms with Crippen molar-refractivity contribution in [3.63, 3.8) is 0 Å². The highest BCUT2D eigenvalue weighted by molar-refractivity contribution is 5.88. The molecule has 7 nitrogen and oxygen atoms in total. The van der Waals surface area contributed by atoms with Crippen molar-refractivity contribution in [3.8, 4) is 0 Å². The third-order valence-electron chi connectivity index (χ3n) is 4.66. The molecule has 1 atom stereocenters. The minimum absolute atomic E-state index is 0.0741. The summed E-state index contributed by atoms with van der Waals surface area (Å²) in [5.41, 5.74) is 1.06. The van der Waals surface area contributed by atoms with E-state index in [9.17, 15) is 4.79 Å². The SMILES string of the molecule is COC1CCN(C(=O)Nc2cn(Cc3ccccc3)nn2)CC1(C)C. The molecule has 1 N–H and O–H groups in total. The second-order valence-corrected chi connectivity index (χ2v) is 7.14. The zero-order valence-electron chi connectivity index (χ0n) is 15.0. The molecule has 0 radical (unpaired) electrons. The number of hydrogen-bond acceptors (Lipinski definition) is 4. The third-order valence-corrected chi connectivity index (χ3v) is 4.66. The van der Waals surface area contributed by atoms with Gasteiger partial charge >= 0.3 is 6.03 Å². The summed E-state index contributed by atoms with van der Waals surface area (Å²) in [6.45, 7) is 6.19. The number of hydrogen-bond donors (Lipinski definition) is 1. The fourth-order valence-electron chi connectivity index (χ4n) is 3.34. The molecule has 1 fully saturated rings. The monoisotopic (exact) mass is 343 g/mol. The third kappa shape index (κ3) is 4.17. The molecule has 2 amide bonds. The Morgan fingerprint density at radius 2 is 2.12 bits per heavy atom. The average molecular weight is 343 g/mol. The van der Waals surface area contributed by atoms with Gasteiger partial charge in [-0.1, -0.05) is 49.4 Å². The molecule has 134 valence electrons. The molecule has 25 heavy (non-hydrogen) atoms. The molecule has 1 saturated heterocycles. The summed E-state index contributed by atoms with van der Waals surface area (Å²) in [5.74, 6) is 0.465. The number of piperidine rings is 1. The van der Waals surface area contributed by atoms with Crippen LogP contribution >= 0.6 is 0 Å². The molecule has 0 aliphatic carbocycles. The van der Waals surface area contributed by atoms with E-state index < -0.39 is 0 Å². The van der Waals surface area contributed by atoms with Crippen LogP contribution in [0.2, 0.25) is 0 Å². The Balaban J connectivity index is 1.58. The van der Waals surface area contributed by atoms with Crippen molar-refractivity contribution in [2.75, 3.05) is 25.5 Å². The molecule has 0 saturated carbocycles. The molecule has 2 heterocycles. The molecule has 1 unspecified atom stereocenters. The number of nitrogens with one attached hydrogen (secondary N) is 1. The Kier molecular flexibility index (Phi) is 5.03. The minimum atomic E-state index is -0.144. The maximum Gasteiger partial charge on any atom is 0.323 e. The number of carbonyl (C=O) groups is 1. The summed E-state index contributed by atoms with van der Waals surface area (Å²) in [7, 11) is 1.73. The van der Waals surface area contributed by atoms with E-state index in [1.54, 1.807) is 18.0 Å². The molecule has 1 aromatic carbocycles. The van der Waals surface area contributed by atoms with Crippen LogP contribution in [0.4, 0.5) is 10.6 Å². The van der Waals surface area contributed by atoms with Crippen LogP contribution in [0.3, 0.4) is 0 Å². The van der Waals surface area contributed by atoms with Crippen molar-refractivity contribution in [1.29, 1.82) is 0 Å². The number of aromatic nitrogens is 3. The van der Waals surface area contributed by atoms with Crippen LogP contribution in [0.5, 0.6) is 0 Å². The van der Waals surface area contributed by atoms with Crippen molar-refractivity contribution in [2.24, 2.45) is 5.41 Å². The lowest BCUT2D eigenvalue weighted by atomic mass is 9.81. The lowest BCUT2D eigenvalue weighted by molar-refractivity contribution is -0.0394. The van der Waals surface area contributed by atoms with Crippen LogP contribution in [0.25, 0.3) is 0 Å². The number of carbonyl (C=O) groups excluding carboxylic acids is 1. The van der Waals surface area contributed by atoms with Crippen molar-refractivity contribution in [2.45, 2.75) is 32.9 Å². The summed E-state index contributed by atoms with van der Waals surface area (Å²) >= 11 is 0. The van der Waals surface area contributed by atoms with E-state index in [0.717, 1.165) is 12.0 Å². The number of ether oxygens (including phenoxy) is 1.